The molecule has 2 rings (SSSR count). The zero-order valence-corrected chi connectivity index (χ0v) is 11.3. The van der Waals surface area contributed by atoms with E-state index in [1.54, 1.807) is 13.3 Å². The minimum Gasteiger partial charge on any atom is -0.497 e. The van der Waals surface area contributed by atoms with E-state index in [9.17, 15) is 4.79 Å². The third-order valence-electron chi connectivity index (χ3n) is 2.97. The lowest BCUT2D eigenvalue weighted by atomic mass is 10.2. The second kappa shape index (κ2) is 5.52. The van der Waals surface area contributed by atoms with Gasteiger partial charge in [0.15, 0.2) is 6.29 Å². The number of methoxy groups -OCH3 is 1. The normalized spacial score (nSPS) is 10.1. The van der Waals surface area contributed by atoms with Crippen LogP contribution in [-0.4, -0.2) is 25.4 Å². The lowest BCUT2D eigenvalue weighted by molar-refractivity contribution is 0.112. The molecular weight excluding hydrogens is 240 g/mol. The molecule has 0 unspecified atom stereocenters. The van der Waals surface area contributed by atoms with E-state index in [0.29, 0.717) is 5.56 Å². The van der Waals surface area contributed by atoms with Gasteiger partial charge in [0, 0.05) is 30.6 Å². The molecule has 0 aliphatic carbocycles. The summed E-state index contributed by atoms with van der Waals surface area (Å²) in [7, 11) is 3.58. The summed E-state index contributed by atoms with van der Waals surface area (Å²) in [6.07, 6.45) is 2.38. The predicted molar refractivity (Wildman–Crippen MR) is 75.4 cm³/mol. The van der Waals surface area contributed by atoms with E-state index in [1.807, 2.05) is 49.2 Å². The second-order valence-corrected chi connectivity index (χ2v) is 4.29. The molecule has 19 heavy (non-hydrogen) atoms. The van der Waals surface area contributed by atoms with Gasteiger partial charge in [0.1, 0.15) is 11.6 Å². The Morgan fingerprint density at radius 2 is 2.11 bits per heavy atom. The fourth-order valence-electron chi connectivity index (χ4n) is 1.95. The van der Waals surface area contributed by atoms with Gasteiger partial charge in [-0.2, -0.15) is 0 Å². The van der Waals surface area contributed by atoms with E-state index in [0.717, 1.165) is 29.1 Å². The summed E-state index contributed by atoms with van der Waals surface area (Å²) in [5.41, 5.74) is 2.52. The fraction of sp³-hybridized carbons (Fsp3) is 0.200. The summed E-state index contributed by atoms with van der Waals surface area (Å²) in [5.74, 6) is 1.62. The lowest BCUT2D eigenvalue weighted by Gasteiger charge is -2.20. The van der Waals surface area contributed by atoms with Crippen LogP contribution in [-0.2, 0) is 0 Å². The van der Waals surface area contributed by atoms with E-state index in [-0.39, 0.29) is 0 Å². The number of carbonyl (C=O) groups excluding carboxylic acids is 1. The van der Waals surface area contributed by atoms with Crippen LogP contribution in [0.15, 0.2) is 36.5 Å². The van der Waals surface area contributed by atoms with Crippen molar-refractivity contribution < 1.29 is 9.53 Å². The highest BCUT2D eigenvalue weighted by Crippen LogP contribution is 2.27. The van der Waals surface area contributed by atoms with Crippen LogP contribution in [0.4, 0.5) is 11.5 Å². The number of nitrogens with zero attached hydrogens (tertiary/aromatic N) is 2. The average molecular weight is 256 g/mol. The van der Waals surface area contributed by atoms with Crippen LogP contribution in [0.1, 0.15) is 15.9 Å². The van der Waals surface area contributed by atoms with Gasteiger partial charge >= 0.3 is 0 Å². The van der Waals surface area contributed by atoms with E-state index >= 15 is 0 Å². The summed E-state index contributed by atoms with van der Waals surface area (Å²) in [6, 6.07) is 9.57. The van der Waals surface area contributed by atoms with Gasteiger partial charge in [-0.25, -0.2) is 4.98 Å². The van der Waals surface area contributed by atoms with Gasteiger partial charge in [0.25, 0.3) is 0 Å². The first kappa shape index (κ1) is 13.1. The van der Waals surface area contributed by atoms with Crippen LogP contribution in [0.25, 0.3) is 0 Å². The van der Waals surface area contributed by atoms with Crippen LogP contribution < -0.4 is 9.64 Å². The van der Waals surface area contributed by atoms with E-state index in [1.165, 1.54) is 0 Å². The van der Waals surface area contributed by atoms with Crippen molar-refractivity contribution in [3.05, 3.63) is 47.7 Å². The summed E-state index contributed by atoms with van der Waals surface area (Å²) in [5, 5.41) is 0. The first-order chi connectivity index (χ1) is 9.15. The maximum absolute atomic E-state index is 10.7. The Morgan fingerprint density at radius 3 is 2.74 bits per heavy atom. The summed E-state index contributed by atoms with van der Waals surface area (Å²) in [4.78, 5) is 17.0. The van der Waals surface area contributed by atoms with Crippen molar-refractivity contribution in [2.45, 2.75) is 6.92 Å². The van der Waals surface area contributed by atoms with Crippen LogP contribution in [0.5, 0.6) is 5.75 Å². The number of aromatic nitrogens is 1. The number of hydrogen-bond acceptors (Lipinski definition) is 4. The molecule has 0 aliphatic heterocycles. The molecule has 0 N–H and O–H groups in total. The topological polar surface area (TPSA) is 42.4 Å². The molecule has 4 nitrogen and oxygen atoms in total. The molecule has 2 aromatic rings. The van der Waals surface area contributed by atoms with Crippen molar-refractivity contribution in [1.29, 1.82) is 0 Å². The maximum atomic E-state index is 10.7. The minimum absolute atomic E-state index is 0.584. The van der Waals surface area contributed by atoms with Gasteiger partial charge in [0.05, 0.1) is 7.11 Å². The van der Waals surface area contributed by atoms with Crippen molar-refractivity contribution in [1.82, 2.24) is 4.98 Å². The summed E-state index contributed by atoms with van der Waals surface area (Å²) >= 11 is 0. The Labute approximate surface area is 112 Å². The average Bonchev–Trinajstić information content (AvgIpc) is 2.46. The highest BCUT2D eigenvalue weighted by atomic mass is 16.5. The first-order valence-electron chi connectivity index (χ1n) is 5.95. The predicted octanol–water partition coefficient (Wildman–Crippen LogP) is 2.98. The summed E-state index contributed by atoms with van der Waals surface area (Å²) < 4.78 is 5.21. The molecule has 0 aliphatic rings. The number of anilines is 2. The largest absolute Gasteiger partial charge is 0.497 e. The summed E-state index contributed by atoms with van der Waals surface area (Å²) in [6.45, 7) is 1.94. The number of rotatable bonds is 4. The van der Waals surface area contributed by atoms with Gasteiger partial charge in [-0.15, -0.1) is 0 Å². The van der Waals surface area contributed by atoms with Gasteiger partial charge in [-0.05, 0) is 30.7 Å². The van der Waals surface area contributed by atoms with Gasteiger partial charge in [-0.3, -0.25) is 4.79 Å². The minimum atomic E-state index is 0.584. The molecule has 1 heterocycles. The second-order valence-electron chi connectivity index (χ2n) is 4.29. The van der Waals surface area contributed by atoms with Crippen molar-refractivity contribution >= 4 is 17.8 Å². The molecule has 0 bridgehead atoms. The fourth-order valence-corrected chi connectivity index (χ4v) is 1.95. The lowest BCUT2D eigenvalue weighted by Crippen LogP contribution is -2.13. The van der Waals surface area contributed by atoms with Crippen LogP contribution in [0.2, 0.25) is 0 Å². The number of aryl methyl sites for hydroxylation is 1. The van der Waals surface area contributed by atoms with Crippen LogP contribution in [0, 0.1) is 6.92 Å². The number of carbonyl (C=O) groups is 1. The molecule has 0 atom stereocenters. The van der Waals surface area contributed by atoms with Crippen molar-refractivity contribution in [3.8, 4) is 5.75 Å². The van der Waals surface area contributed by atoms with Gasteiger partial charge < -0.3 is 9.64 Å². The molecule has 0 fully saturated rings. The number of benzene rings is 1. The third kappa shape index (κ3) is 2.73. The van der Waals surface area contributed by atoms with Crippen molar-refractivity contribution in [2.75, 3.05) is 19.1 Å². The van der Waals surface area contributed by atoms with Gasteiger partial charge in [-0.1, -0.05) is 6.07 Å². The van der Waals surface area contributed by atoms with Crippen LogP contribution >= 0.6 is 0 Å². The standard InChI is InChI=1S/C15H16N2O2/c1-11-7-12(10-18)9-16-15(11)17(2)13-5-4-6-14(8-13)19-3/h4-10H,1-3H3. The number of hydrogen-bond donors (Lipinski definition) is 0. The molecule has 0 saturated heterocycles. The molecule has 1 aromatic carbocycles. The first-order valence-corrected chi connectivity index (χ1v) is 5.95. The van der Waals surface area contributed by atoms with E-state index in [4.69, 9.17) is 4.74 Å². The SMILES string of the molecule is COc1cccc(N(C)c2ncc(C=O)cc2C)c1. The molecule has 0 saturated carbocycles. The van der Waals surface area contributed by atoms with Crippen molar-refractivity contribution in [2.24, 2.45) is 0 Å². The Morgan fingerprint density at radius 1 is 1.32 bits per heavy atom. The Bertz CT molecular complexity index is 596. The Hall–Kier alpha value is -2.36. The molecule has 0 spiro atoms. The number of aldehydes is 1. The molecule has 4 heteroatoms. The van der Waals surface area contributed by atoms with Crippen molar-refractivity contribution in [3.63, 3.8) is 0 Å². The van der Waals surface area contributed by atoms with E-state index < -0.39 is 0 Å². The van der Waals surface area contributed by atoms with Gasteiger partial charge in [0.2, 0.25) is 0 Å². The van der Waals surface area contributed by atoms with Crippen LogP contribution in [0.3, 0.4) is 0 Å². The third-order valence-corrected chi connectivity index (χ3v) is 2.97. The van der Waals surface area contributed by atoms with E-state index in [2.05, 4.69) is 4.98 Å². The quantitative estimate of drug-likeness (QED) is 0.789. The zero-order chi connectivity index (χ0) is 13.8. The monoisotopic (exact) mass is 256 g/mol. The Kier molecular flexibility index (Phi) is 3.80. The number of pyridine rings is 1. The molecule has 0 amide bonds. The molecule has 0 radical (unpaired) electrons. The highest BCUT2D eigenvalue weighted by Gasteiger charge is 2.09. The molecule has 98 valence electrons. The Balaban J connectivity index is 2.37. The number of ether oxygens (including phenoxy) is 1. The zero-order valence-electron chi connectivity index (χ0n) is 11.3. The molecular formula is C15H16N2O2. The highest BCUT2D eigenvalue weighted by molar-refractivity contribution is 5.76. The maximum Gasteiger partial charge on any atom is 0.151 e. The molecule has 1 aromatic heterocycles. The smallest absolute Gasteiger partial charge is 0.151 e.